The molecule has 0 radical (unpaired) electrons. The fourth-order valence-corrected chi connectivity index (χ4v) is 2.51. The molecular weight excluding hydrogens is 394 g/mol. The van der Waals surface area contributed by atoms with Crippen molar-refractivity contribution in [2.75, 3.05) is 17.2 Å². The number of alkyl halides is 1. The van der Waals surface area contributed by atoms with Gasteiger partial charge in [-0.25, -0.2) is 18.7 Å². The number of halogens is 2. The SMILES string of the molecule is CC(C)(O)C(F)CNC(=O)c1cnc(Nc2ncc(C#N)cc2F)cc1NC1CC1. The van der Waals surface area contributed by atoms with Crippen LogP contribution in [0.3, 0.4) is 0 Å². The van der Waals surface area contributed by atoms with Gasteiger partial charge in [0.1, 0.15) is 18.1 Å². The smallest absolute Gasteiger partial charge is 0.255 e. The van der Waals surface area contributed by atoms with Crippen LogP contribution in [-0.4, -0.2) is 45.3 Å². The first-order valence-corrected chi connectivity index (χ1v) is 9.41. The number of nitrogens with zero attached hydrogens (tertiary/aromatic N) is 3. The van der Waals surface area contributed by atoms with Crippen molar-refractivity contribution in [2.24, 2.45) is 0 Å². The van der Waals surface area contributed by atoms with Crippen LogP contribution in [0.1, 0.15) is 42.6 Å². The fourth-order valence-electron chi connectivity index (χ4n) is 2.51. The quantitative estimate of drug-likeness (QED) is 0.522. The van der Waals surface area contributed by atoms with Crippen LogP contribution in [0.5, 0.6) is 0 Å². The summed E-state index contributed by atoms with van der Waals surface area (Å²) in [5.74, 6) is -1.13. The second-order valence-electron chi connectivity index (χ2n) is 7.66. The Morgan fingerprint density at radius 1 is 1.37 bits per heavy atom. The first-order chi connectivity index (χ1) is 14.2. The lowest BCUT2D eigenvalue weighted by molar-refractivity contribution is -0.00177. The standard InChI is InChI=1S/C20H22F2N6O2/c1-20(2,30)16(22)10-26-19(29)13-9-24-17(6-15(13)27-12-3-4-12)28-18-14(21)5-11(7-23)8-25-18/h5-6,8-9,12,16,30H,3-4,10H2,1-2H3,(H,26,29)(H2,24,25,27,28). The topological polar surface area (TPSA) is 123 Å². The summed E-state index contributed by atoms with van der Waals surface area (Å²) in [6.07, 6.45) is 2.78. The maximum atomic E-state index is 14.1. The molecule has 1 unspecified atom stereocenters. The predicted molar refractivity (Wildman–Crippen MR) is 107 cm³/mol. The third-order valence-corrected chi connectivity index (χ3v) is 4.51. The van der Waals surface area contributed by atoms with Crippen LogP contribution in [0, 0.1) is 17.1 Å². The van der Waals surface area contributed by atoms with E-state index in [0.29, 0.717) is 5.69 Å². The molecule has 1 fully saturated rings. The lowest BCUT2D eigenvalue weighted by Crippen LogP contribution is -2.42. The first kappa shape index (κ1) is 21.4. The Labute approximate surface area is 172 Å². The van der Waals surface area contributed by atoms with Gasteiger partial charge in [0.05, 0.1) is 29.0 Å². The molecule has 2 aromatic rings. The summed E-state index contributed by atoms with van der Waals surface area (Å²) in [6, 6.07) is 4.60. The lowest BCUT2D eigenvalue weighted by Gasteiger charge is -2.22. The molecule has 30 heavy (non-hydrogen) atoms. The van der Waals surface area contributed by atoms with E-state index >= 15 is 0 Å². The molecule has 1 saturated carbocycles. The van der Waals surface area contributed by atoms with Gasteiger partial charge in [-0.05, 0) is 32.8 Å². The van der Waals surface area contributed by atoms with Gasteiger partial charge in [-0.15, -0.1) is 0 Å². The van der Waals surface area contributed by atoms with Crippen LogP contribution < -0.4 is 16.0 Å². The highest BCUT2D eigenvalue weighted by atomic mass is 19.1. The van der Waals surface area contributed by atoms with Crippen LogP contribution in [0.2, 0.25) is 0 Å². The van der Waals surface area contributed by atoms with Gasteiger partial charge in [0, 0.05) is 24.5 Å². The van der Waals surface area contributed by atoms with Crippen LogP contribution in [0.4, 0.5) is 26.1 Å². The number of carbonyl (C=O) groups excluding carboxylic acids is 1. The van der Waals surface area contributed by atoms with E-state index in [1.54, 1.807) is 6.07 Å². The van der Waals surface area contributed by atoms with Crippen LogP contribution in [0.15, 0.2) is 24.5 Å². The Balaban J connectivity index is 1.78. The molecule has 1 aliphatic carbocycles. The van der Waals surface area contributed by atoms with E-state index in [1.165, 1.54) is 32.3 Å². The number of nitrogens with one attached hydrogen (secondary N) is 3. The van der Waals surface area contributed by atoms with Crippen molar-refractivity contribution in [3.63, 3.8) is 0 Å². The van der Waals surface area contributed by atoms with Crippen LogP contribution in [-0.2, 0) is 0 Å². The molecule has 2 aromatic heterocycles. The summed E-state index contributed by atoms with van der Waals surface area (Å²) in [6.45, 7) is 2.29. The molecule has 3 rings (SSSR count). The first-order valence-electron chi connectivity index (χ1n) is 9.41. The zero-order valence-electron chi connectivity index (χ0n) is 16.5. The van der Waals surface area contributed by atoms with Crippen molar-refractivity contribution >= 4 is 23.2 Å². The molecule has 1 aliphatic rings. The highest BCUT2D eigenvalue weighted by Gasteiger charge is 2.28. The van der Waals surface area contributed by atoms with E-state index in [2.05, 4.69) is 25.9 Å². The Bertz CT molecular complexity index is 982. The number of aromatic nitrogens is 2. The van der Waals surface area contributed by atoms with Crippen LogP contribution in [0.25, 0.3) is 0 Å². The van der Waals surface area contributed by atoms with Gasteiger partial charge in [0.25, 0.3) is 5.91 Å². The lowest BCUT2D eigenvalue weighted by atomic mass is 10.0. The van der Waals surface area contributed by atoms with E-state index in [-0.39, 0.29) is 35.3 Å². The monoisotopic (exact) mass is 416 g/mol. The van der Waals surface area contributed by atoms with Crippen molar-refractivity contribution in [2.45, 2.75) is 44.5 Å². The summed E-state index contributed by atoms with van der Waals surface area (Å²) in [5, 5.41) is 26.8. The summed E-state index contributed by atoms with van der Waals surface area (Å²) >= 11 is 0. The maximum Gasteiger partial charge on any atom is 0.255 e. The molecule has 10 heteroatoms. The molecule has 4 N–H and O–H groups in total. The highest BCUT2D eigenvalue weighted by molar-refractivity contribution is 6.00. The molecule has 0 aromatic carbocycles. The minimum atomic E-state index is -1.64. The number of rotatable bonds is 8. The predicted octanol–water partition coefficient (Wildman–Crippen LogP) is 2.64. The van der Waals surface area contributed by atoms with Crippen LogP contribution >= 0.6 is 0 Å². The van der Waals surface area contributed by atoms with E-state index in [9.17, 15) is 18.7 Å². The molecule has 1 amide bonds. The number of pyridine rings is 2. The zero-order valence-corrected chi connectivity index (χ0v) is 16.5. The Kier molecular flexibility index (Phi) is 6.12. The van der Waals surface area contributed by atoms with Crippen molar-refractivity contribution < 1.29 is 18.7 Å². The largest absolute Gasteiger partial charge is 0.387 e. The van der Waals surface area contributed by atoms with Crippen molar-refractivity contribution in [3.8, 4) is 6.07 Å². The summed E-state index contributed by atoms with van der Waals surface area (Å²) < 4.78 is 28.0. The number of amides is 1. The Morgan fingerprint density at radius 3 is 2.70 bits per heavy atom. The third-order valence-electron chi connectivity index (χ3n) is 4.51. The van der Waals surface area contributed by atoms with Gasteiger partial charge < -0.3 is 21.1 Å². The summed E-state index contributed by atoms with van der Waals surface area (Å²) in [4.78, 5) is 20.5. The van der Waals surface area contributed by atoms with E-state index in [4.69, 9.17) is 5.26 Å². The second-order valence-corrected chi connectivity index (χ2v) is 7.66. The molecule has 0 saturated heterocycles. The second kappa shape index (κ2) is 8.59. The molecule has 0 spiro atoms. The van der Waals surface area contributed by atoms with Gasteiger partial charge >= 0.3 is 0 Å². The molecule has 2 heterocycles. The maximum absolute atomic E-state index is 14.1. The number of aliphatic hydroxyl groups is 1. The van der Waals surface area contributed by atoms with Gasteiger partial charge in [-0.2, -0.15) is 5.26 Å². The molecule has 0 aliphatic heterocycles. The van der Waals surface area contributed by atoms with Gasteiger partial charge in [-0.1, -0.05) is 0 Å². The summed E-state index contributed by atoms with van der Waals surface area (Å²) in [7, 11) is 0. The number of hydrogen-bond acceptors (Lipinski definition) is 7. The Hall–Kier alpha value is -3.32. The number of anilines is 3. The van der Waals surface area contributed by atoms with E-state index in [1.807, 2.05) is 0 Å². The number of carbonyl (C=O) groups is 1. The minimum absolute atomic E-state index is 0.0892. The van der Waals surface area contributed by atoms with E-state index < -0.39 is 23.5 Å². The zero-order chi connectivity index (χ0) is 21.9. The fraction of sp³-hybridized carbons (Fsp3) is 0.400. The molecule has 0 bridgehead atoms. The number of nitriles is 1. The average Bonchev–Trinajstić information content (AvgIpc) is 3.50. The van der Waals surface area contributed by atoms with Crippen molar-refractivity contribution in [3.05, 3.63) is 41.5 Å². The molecule has 8 nitrogen and oxygen atoms in total. The minimum Gasteiger partial charge on any atom is -0.387 e. The van der Waals surface area contributed by atoms with Crippen molar-refractivity contribution in [1.82, 2.24) is 15.3 Å². The Morgan fingerprint density at radius 2 is 2.10 bits per heavy atom. The summed E-state index contributed by atoms with van der Waals surface area (Å²) in [5.41, 5.74) is -0.831. The molecular formula is C20H22F2N6O2. The molecule has 158 valence electrons. The highest BCUT2D eigenvalue weighted by Crippen LogP contribution is 2.29. The number of hydrogen-bond donors (Lipinski definition) is 4. The average molecular weight is 416 g/mol. The van der Waals surface area contributed by atoms with Gasteiger partial charge in [-0.3, -0.25) is 4.79 Å². The van der Waals surface area contributed by atoms with Gasteiger partial charge in [0.2, 0.25) is 0 Å². The third kappa shape index (κ3) is 5.39. The van der Waals surface area contributed by atoms with Crippen molar-refractivity contribution in [1.29, 1.82) is 5.26 Å². The van der Waals surface area contributed by atoms with Gasteiger partial charge in [0.15, 0.2) is 11.6 Å². The van der Waals surface area contributed by atoms with E-state index in [0.717, 1.165) is 18.9 Å². The normalized spacial score (nSPS) is 14.5. The molecule has 1 atom stereocenters.